The molecule has 1 N–H and O–H groups in total. The van der Waals surface area contributed by atoms with Gasteiger partial charge in [0.2, 0.25) is 5.82 Å². The zero-order valence-corrected chi connectivity index (χ0v) is 23.6. The molecular weight excluding hydrogens is 608 g/mol. The van der Waals surface area contributed by atoms with Crippen LogP contribution >= 0.6 is 27.5 Å². The van der Waals surface area contributed by atoms with Crippen molar-refractivity contribution in [2.75, 3.05) is 11.9 Å². The van der Waals surface area contributed by atoms with E-state index in [1.807, 2.05) is 54.6 Å². The lowest BCUT2D eigenvalue weighted by atomic mass is 10.2. The fourth-order valence-corrected chi connectivity index (χ4v) is 5.24. The number of halogens is 2. The van der Waals surface area contributed by atoms with E-state index in [9.17, 15) is 9.59 Å². The Labute approximate surface area is 247 Å². The van der Waals surface area contributed by atoms with Gasteiger partial charge in [0.25, 0.3) is 11.5 Å². The summed E-state index contributed by atoms with van der Waals surface area (Å²) in [7, 11) is 0. The molecule has 0 atom stereocenters. The monoisotopic (exact) mass is 626 g/mol. The molecule has 0 aliphatic carbocycles. The van der Waals surface area contributed by atoms with Crippen molar-refractivity contribution in [1.82, 2.24) is 9.66 Å². The Balaban J connectivity index is 1.30. The van der Waals surface area contributed by atoms with Gasteiger partial charge in [-0.25, -0.2) is 4.98 Å². The molecule has 10 heteroatoms. The van der Waals surface area contributed by atoms with Gasteiger partial charge in [-0.2, -0.15) is 9.78 Å². The minimum Gasteiger partial charge on any atom is -0.481 e. The fourth-order valence-electron chi connectivity index (χ4n) is 4.25. The summed E-state index contributed by atoms with van der Waals surface area (Å²) in [4.78, 5) is 30.5. The van der Waals surface area contributed by atoms with Gasteiger partial charge < -0.3 is 14.5 Å². The van der Waals surface area contributed by atoms with Crippen LogP contribution in [0.2, 0.25) is 5.02 Å². The number of carbonyl (C=O) groups excluding carboxylic acids is 1. The second kappa shape index (κ2) is 11.4. The van der Waals surface area contributed by atoms with Crippen molar-refractivity contribution in [2.24, 2.45) is 5.10 Å². The topological polar surface area (TPSA) is 98.7 Å². The molecule has 2 heterocycles. The highest BCUT2D eigenvalue weighted by Gasteiger charge is 2.17. The number of furan rings is 1. The molecule has 41 heavy (non-hydrogen) atoms. The number of hydrogen-bond acceptors (Lipinski definition) is 6. The quantitative estimate of drug-likeness (QED) is 0.190. The lowest BCUT2D eigenvalue weighted by molar-refractivity contribution is -0.118. The van der Waals surface area contributed by atoms with Crippen LogP contribution in [-0.2, 0) is 4.79 Å². The number of nitrogens with zero attached hydrogens (tertiary/aromatic N) is 3. The highest BCUT2D eigenvalue weighted by molar-refractivity contribution is 9.10. The number of fused-ring (bicyclic) bond motifs is 2. The number of nitrogens with one attached hydrogen (secondary N) is 1. The predicted molar refractivity (Wildman–Crippen MR) is 164 cm³/mol. The summed E-state index contributed by atoms with van der Waals surface area (Å²) in [6.07, 6.45) is 1.49. The van der Waals surface area contributed by atoms with E-state index < -0.39 is 0 Å². The van der Waals surface area contributed by atoms with E-state index in [1.54, 1.807) is 42.5 Å². The van der Waals surface area contributed by atoms with Crippen molar-refractivity contribution in [1.29, 1.82) is 0 Å². The van der Waals surface area contributed by atoms with Gasteiger partial charge in [-0.05, 0) is 70.0 Å². The Kier molecular flexibility index (Phi) is 7.37. The van der Waals surface area contributed by atoms with Crippen LogP contribution in [0.3, 0.4) is 0 Å². The second-order valence-electron chi connectivity index (χ2n) is 8.98. The molecule has 0 fully saturated rings. The Morgan fingerprint density at radius 3 is 2.59 bits per heavy atom. The van der Waals surface area contributed by atoms with Gasteiger partial charge in [-0.1, -0.05) is 60.1 Å². The minimum absolute atomic E-state index is 0.236. The summed E-state index contributed by atoms with van der Waals surface area (Å²) in [5.41, 5.74) is 2.10. The normalized spacial score (nSPS) is 11.4. The highest BCUT2D eigenvalue weighted by Crippen LogP contribution is 2.34. The molecule has 6 aromatic rings. The van der Waals surface area contributed by atoms with E-state index in [1.165, 1.54) is 10.9 Å². The number of ether oxygens (including phenoxy) is 1. The third-order valence-electron chi connectivity index (χ3n) is 6.15. The maximum absolute atomic E-state index is 13.5. The van der Waals surface area contributed by atoms with Crippen LogP contribution in [-0.4, -0.2) is 28.4 Å². The maximum atomic E-state index is 13.5. The van der Waals surface area contributed by atoms with Crippen molar-refractivity contribution in [3.63, 3.8) is 0 Å². The van der Waals surface area contributed by atoms with Crippen LogP contribution in [0.1, 0.15) is 5.56 Å². The van der Waals surface area contributed by atoms with Crippen molar-refractivity contribution in [3.05, 3.63) is 122 Å². The zero-order valence-electron chi connectivity index (χ0n) is 21.3. The average Bonchev–Trinajstić information content (AvgIpc) is 3.41. The standard InChI is InChI=1S/C31H20BrClN4O4/c32-23-14-19(15-24(33)29(23)40-18-28(38)35-21-9-2-1-3-10-21)17-34-37-30(27-16-20-8-4-7-13-26(20)41-27)36-25-12-6-5-11-22(25)31(37)39/h1-17H,18H2,(H,35,38). The summed E-state index contributed by atoms with van der Waals surface area (Å²) in [6, 6.07) is 28.9. The third-order valence-corrected chi connectivity index (χ3v) is 7.02. The van der Waals surface area contributed by atoms with Crippen LogP contribution in [0.15, 0.2) is 116 Å². The molecule has 0 saturated carbocycles. The number of rotatable bonds is 7. The molecule has 0 aliphatic rings. The number of aromatic nitrogens is 2. The minimum atomic E-state index is -0.350. The van der Waals surface area contributed by atoms with Crippen LogP contribution < -0.4 is 15.6 Å². The SMILES string of the molecule is O=C(COc1c(Cl)cc(C=Nn2c(-c3cc4ccccc4o3)nc3ccccc3c2=O)cc1Br)Nc1ccccc1. The summed E-state index contributed by atoms with van der Waals surface area (Å²) in [5.74, 6) is 0.643. The molecule has 0 radical (unpaired) electrons. The summed E-state index contributed by atoms with van der Waals surface area (Å²) in [6.45, 7) is -0.236. The Hall–Kier alpha value is -4.73. The third kappa shape index (κ3) is 5.63. The molecule has 202 valence electrons. The first-order chi connectivity index (χ1) is 20.0. The van der Waals surface area contributed by atoms with Crippen LogP contribution in [0.5, 0.6) is 5.75 Å². The van der Waals surface area contributed by atoms with Gasteiger partial charge in [0.1, 0.15) is 5.58 Å². The summed E-state index contributed by atoms with van der Waals surface area (Å²) in [5, 5.41) is 8.79. The molecule has 6 rings (SSSR count). The molecule has 0 unspecified atom stereocenters. The number of para-hydroxylation sites is 3. The van der Waals surface area contributed by atoms with Crippen molar-refractivity contribution < 1.29 is 13.9 Å². The van der Waals surface area contributed by atoms with Crippen molar-refractivity contribution in [2.45, 2.75) is 0 Å². The molecule has 0 saturated heterocycles. The summed E-state index contributed by atoms with van der Waals surface area (Å²) >= 11 is 9.96. The van der Waals surface area contributed by atoms with Gasteiger partial charge in [-0.3, -0.25) is 9.59 Å². The van der Waals surface area contributed by atoms with E-state index >= 15 is 0 Å². The van der Waals surface area contributed by atoms with E-state index in [-0.39, 0.29) is 28.9 Å². The first kappa shape index (κ1) is 26.5. The van der Waals surface area contributed by atoms with Gasteiger partial charge in [0.15, 0.2) is 18.1 Å². The molecule has 8 nitrogen and oxygen atoms in total. The van der Waals surface area contributed by atoms with Gasteiger partial charge in [0.05, 0.1) is 26.6 Å². The predicted octanol–water partition coefficient (Wildman–Crippen LogP) is 7.13. The number of anilines is 1. The average molecular weight is 628 g/mol. The second-order valence-corrected chi connectivity index (χ2v) is 10.2. The fraction of sp³-hybridized carbons (Fsp3) is 0.0323. The van der Waals surface area contributed by atoms with Gasteiger partial charge >= 0.3 is 0 Å². The molecule has 2 aromatic heterocycles. The zero-order chi connectivity index (χ0) is 28.3. The number of carbonyl (C=O) groups is 1. The summed E-state index contributed by atoms with van der Waals surface area (Å²) < 4.78 is 13.4. The van der Waals surface area contributed by atoms with E-state index in [0.29, 0.717) is 43.7 Å². The molecule has 0 spiro atoms. The number of amides is 1. The number of hydrogen-bond donors (Lipinski definition) is 1. The molecule has 0 aliphatic heterocycles. The smallest absolute Gasteiger partial charge is 0.282 e. The van der Waals surface area contributed by atoms with E-state index in [0.717, 1.165) is 5.39 Å². The Morgan fingerprint density at radius 1 is 1.02 bits per heavy atom. The van der Waals surface area contributed by atoms with Crippen molar-refractivity contribution in [3.8, 4) is 17.3 Å². The molecule has 1 amide bonds. The largest absolute Gasteiger partial charge is 0.481 e. The van der Waals surface area contributed by atoms with E-state index in [4.69, 9.17) is 25.7 Å². The first-order valence-electron chi connectivity index (χ1n) is 12.5. The lowest BCUT2D eigenvalue weighted by Crippen LogP contribution is -2.20. The first-order valence-corrected chi connectivity index (χ1v) is 13.7. The highest BCUT2D eigenvalue weighted by atomic mass is 79.9. The molecule has 4 aromatic carbocycles. The van der Waals surface area contributed by atoms with E-state index in [2.05, 4.69) is 26.3 Å². The van der Waals surface area contributed by atoms with Crippen molar-refractivity contribution >= 4 is 67.2 Å². The maximum Gasteiger partial charge on any atom is 0.282 e. The molecular formula is C31H20BrClN4O4. The van der Waals surface area contributed by atoms with Crippen LogP contribution in [0.25, 0.3) is 33.5 Å². The lowest BCUT2D eigenvalue weighted by Gasteiger charge is -2.11. The molecule has 0 bridgehead atoms. The Bertz CT molecular complexity index is 1950. The van der Waals surface area contributed by atoms with Crippen LogP contribution in [0, 0.1) is 0 Å². The Morgan fingerprint density at radius 2 is 1.78 bits per heavy atom. The van der Waals surface area contributed by atoms with Gasteiger partial charge in [-0.15, -0.1) is 0 Å². The number of benzene rings is 4. The van der Waals surface area contributed by atoms with Crippen LogP contribution in [0.4, 0.5) is 5.69 Å². The van der Waals surface area contributed by atoms with Gasteiger partial charge in [0, 0.05) is 11.1 Å².